The second-order valence-electron chi connectivity index (χ2n) is 3.21. The van der Waals surface area contributed by atoms with Crippen molar-refractivity contribution >= 4 is 0 Å². The first-order valence-electron chi connectivity index (χ1n) is 4.31. The van der Waals surface area contributed by atoms with Gasteiger partial charge < -0.3 is 10.0 Å². The van der Waals surface area contributed by atoms with Gasteiger partial charge in [-0.1, -0.05) is 6.92 Å². The molecule has 11 heavy (non-hydrogen) atoms. The standard InChI is InChI=1S/C8H18N2O/c1-3-10-5-4-9(2)8(6-10)7-11/h8,11H,3-7H2,1-2H3. The van der Waals surface area contributed by atoms with Crippen LogP contribution in [0.5, 0.6) is 0 Å². The van der Waals surface area contributed by atoms with E-state index in [-0.39, 0.29) is 6.61 Å². The van der Waals surface area contributed by atoms with Crippen molar-refractivity contribution in [1.29, 1.82) is 0 Å². The van der Waals surface area contributed by atoms with Gasteiger partial charge in [0, 0.05) is 25.7 Å². The Morgan fingerprint density at radius 3 is 2.73 bits per heavy atom. The molecule has 3 heteroatoms. The summed E-state index contributed by atoms with van der Waals surface area (Å²) < 4.78 is 0. The number of aliphatic hydroxyl groups excluding tert-OH is 1. The minimum absolute atomic E-state index is 0.285. The van der Waals surface area contributed by atoms with Crippen LogP contribution in [-0.4, -0.2) is 60.8 Å². The molecular formula is C8H18N2O. The summed E-state index contributed by atoms with van der Waals surface area (Å²) in [6.45, 7) is 6.79. The van der Waals surface area contributed by atoms with Gasteiger partial charge in [-0.15, -0.1) is 0 Å². The topological polar surface area (TPSA) is 26.7 Å². The molecule has 1 saturated heterocycles. The predicted molar refractivity (Wildman–Crippen MR) is 45.6 cm³/mol. The molecule has 0 saturated carbocycles. The van der Waals surface area contributed by atoms with Gasteiger partial charge in [0.05, 0.1) is 6.61 Å². The van der Waals surface area contributed by atoms with Gasteiger partial charge >= 0.3 is 0 Å². The van der Waals surface area contributed by atoms with E-state index in [1.165, 1.54) is 0 Å². The van der Waals surface area contributed by atoms with E-state index in [2.05, 4.69) is 23.8 Å². The number of nitrogens with zero attached hydrogens (tertiary/aromatic N) is 2. The van der Waals surface area contributed by atoms with E-state index >= 15 is 0 Å². The summed E-state index contributed by atoms with van der Waals surface area (Å²) in [5.74, 6) is 0. The molecule has 1 atom stereocenters. The van der Waals surface area contributed by atoms with Crippen LogP contribution < -0.4 is 0 Å². The molecule has 66 valence electrons. The average molecular weight is 158 g/mol. The molecule has 0 aromatic carbocycles. The summed E-state index contributed by atoms with van der Waals surface area (Å²) in [4.78, 5) is 4.60. The molecule has 1 aliphatic heterocycles. The highest BCUT2D eigenvalue weighted by atomic mass is 16.3. The third-order valence-corrected chi connectivity index (χ3v) is 2.52. The SMILES string of the molecule is CCN1CCN(C)C(CO)C1. The zero-order chi connectivity index (χ0) is 8.27. The van der Waals surface area contributed by atoms with Crippen LogP contribution in [0.2, 0.25) is 0 Å². The van der Waals surface area contributed by atoms with Crippen LogP contribution in [0.15, 0.2) is 0 Å². The van der Waals surface area contributed by atoms with Crippen molar-refractivity contribution in [3.8, 4) is 0 Å². The molecule has 1 N–H and O–H groups in total. The lowest BCUT2D eigenvalue weighted by molar-refractivity contribution is 0.0604. The van der Waals surface area contributed by atoms with Crippen molar-refractivity contribution in [3.05, 3.63) is 0 Å². The number of aliphatic hydroxyl groups is 1. The Balaban J connectivity index is 2.37. The van der Waals surface area contributed by atoms with E-state index in [9.17, 15) is 0 Å². The predicted octanol–water partition coefficient (Wildman–Crippen LogP) is -0.385. The number of piperazine rings is 1. The average Bonchev–Trinajstić information content (AvgIpc) is 2.05. The molecule has 1 unspecified atom stereocenters. The van der Waals surface area contributed by atoms with Crippen molar-refractivity contribution < 1.29 is 5.11 Å². The highest BCUT2D eigenvalue weighted by Gasteiger charge is 2.21. The molecule has 1 fully saturated rings. The zero-order valence-electron chi connectivity index (χ0n) is 7.45. The number of hydrogen-bond acceptors (Lipinski definition) is 3. The minimum atomic E-state index is 0.285. The van der Waals surface area contributed by atoms with Crippen molar-refractivity contribution in [2.75, 3.05) is 39.8 Å². The molecule has 1 rings (SSSR count). The quantitative estimate of drug-likeness (QED) is 0.593. The lowest BCUT2D eigenvalue weighted by Gasteiger charge is -2.37. The van der Waals surface area contributed by atoms with Gasteiger partial charge in [-0.3, -0.25) is 4.90 Å². The number of rotatable bonds is 2. The van der Waals surface area contributed by atoms with Crippen molar-refractivity contribution in [3.63, 3.8) is 0 Å². The monoisotopic (exact) mass is 158 g/mol. The zero-order valence-corrected chi connectivity index (χ0v) is 7.45. The van der Waals surface area contributed by atoms with E-state index in [4.69, 9.17) is 5.11 Å². The second kappa shape index (κ2) is 4.04. The number of likely N-dealkylation sites (N-methyl/N-ethyl adjacent to an activating group) is 2. The Hall–Kier alpha value is -0.120. The maximum absolute atomic E-state index is 9.01. The molecule has 0 aromatic rings. The molecule has 0 aromatic heterocycles. The summed E-state index contributed by atoms with van der Waals surface area (Å²) in [5, 5.41) is 9.01. The molecule has 3 nitrogen and oxygen atoms in total. The van der Waals surface area contributed by atoms with Gasteiger partial charge in [-0.05, 0) is 13.6 Å². The molecule has 0 spiro atoms. The molecule has 1 aliphatic rings. The third kappa shape index (κ3) is 2.15. The first-order valence-corrected chi connectivity index (χ1v) is 4.31. The summed E-state index contributed by atoms with van der Waals surface area (Å²) in [6, 6.07) is 0.351. The minimum Gasteiger partial charge on any atom is -0.395 e. The summed E-state index contributed by atoms with van der Waals surface area (Å²) in [6.07, 6.45) is 0. The lowest BCUT2D eigenvalue weighted by atomic mass is 10.2. The van der Waals surface area contributed by atoms with E-state index in [1.54, 1.807) is 0 Å². The molecule has 0 amide bonds. The first kappa shape index (κ1) is 8.97. The van der Waals surface area contributed by atoms with Crippen molar-refractivity contribution in [2.45, 2.75) is 13.0 Å². The Morgan fingerprint density at radius 2 is 2.18 bits per heavy atom. The molecule has 1 heterocycles. The highest BCUT2D eigenvalue weighted by molar-refractivity contribution is 4.78. The Bertz CT molecular complexity index is 119. The van der Waals surface area contributed by atoms with Crippen LogP contribution in [0.25, 0.3) is 0 Å². The van der Waals surface area contributed by atoms with Gasteiger partial charge in [0.25, 0.3) is 0 Å². The van der Waals surface area contributed by atoms with Gasteiger partial charge in [0.2, 0.25) is 0 Å². The fraction of sp³-hybridized carbons (Fsp3) is 1.00. The van der Waals surface area contributed by atoms with Crippen LogP contribution >= 0.6 is 0 Å². The van der Waals surface area contributed by atoms with E-state index < -0.39 is 0 Å². The van der Waals surface area contributed by atoms with Gasteiger partial charge in [-0.25, -0.2) is 0 Å². The summed E-state index contributed by atoms with van der Waals surface area (Å²) in [7, 11) is 2.08. The smallest absolute Gasteiger partial charge is 0.0599 e. The second-order valence-corrected chi connectivity index (χ2v) is 3.21. The van der Waals surface area contributed by atoms with Gasteiger partial charge in [-0.2, -0.15) is 0 Å². The Labute approximate surface area is 68.6 Å². The van der Waals surface area contributed by atoms with E-state index in [1.807, 2.05) is 0 Å². The molecule has 0 radical (unpaired) electrons. The maximum atomic E-state index is 9.01. The highest BCUT2D eigenvalue weighted by Crippen LogP contribution is 2.05. The van der Waals surface area contributed by atoms with Crippen molar-refractivity contribution in [1.82, 2.24) is 9.80 Å². The maximum Gasteiger partial charge on any atom is 0.0599 e. The van der Waals surface area contributed by atoms with Crippen LogP contribution in [0.3, 0.4) is 0 Å². The lowest BCUT2D eigenvalue weighted by Crippen LogP contribution is -2.52. The third-order valence-electron chi connectivity index (χ3n) is 2.52. The summed E-state index contributed by atoms with van der Waals surface area (Å²) >= 11 is 0. The molecule has 0 bridgehead atoms. The van der Waals surface area contributed by atoms with Crippen LogP contribution in [0.1, 0.15) is 6.92 Å². The number of hydrogen-bond donors (Lipinski definition) is 1. The van der Waals surface area contributed by atoms with Crippen LogP contribution in [0.4, 0.5) is 0 Å². The van der Waals surface area contributed by atoms with Gasteiger partial charge in [0.15, 0.2) is 0 Å². The Kier molecular flexibility index (Phi) is 3.30. The van der Waals surface area contributed by atoms with Crippen molar-refractivity contribution in [2.24, 2.45) is 0 Å². The van der Waals surface area contributed by atoms with E-state index in [0.717, 1.165) is 26.2 Å². The fourth-order valence-corrected chi connectivity index (χ4v) is 1.49. The first-order chi connectivity index (χ1) is 5.27. The molecule has 0 aliphatic carbocycles. The molecular weight excluding hydrogens is 140 g/mol. The largest absolute Gasteiger partial charge is 0.395 e. The normalized spacial score (nSPS) is 29.2. The van der Waals surface area contributed by atoms with Crippen LogP contribution in [0, 0.1) is 0 Å². The van der Waals surface area contributed by atoms with Gasteiger partial charge in [0.1, 0.15) is 0 Å². The van der Waals surface area contributed by atoms with Crippen LogP contribution in [-0.2, 0) is 0 Å². The Morgan fingerprint density at radius 1 is 1.45 bits per heavy atom. The fourth-order valence-electron chi connectivity index (χ4n) is 1.49. The summed E-state index contributed by atoms with van der Waals surface area (Å²) in [5.41, 5.74) is 0. The van der Waals surface area contributed by atoms with E-state index in [0.29, 0.717) is 6.04 Å².